The Morgan fingerprint density at radius 1 is 1.30 bits per heavy atom. The minimum Gasteiger partial charge on any atom is -0.389 e. The van der Waals surface area contributed by atoms with Crippen LogP contribution in [0.15, 0.2) is 35.7 Å². The monoisotopic (exact) mass is 291 g/mol. The number of thiophene rings is 1. The second-order valence-electron chi connectivity index (χ2n) is 5.47. The Kier molecular flexibility index (Phi) is 3.87. The smallest absolute Gasteiger partial charge is 0.131 e. The third-order valence-electron chi connectivity index (χ3n) is 3.88. The van der Waals surface area contributed by atoms with Crippen molar-refractivity contribution in [3.63, 3.8) is 0 Å². The second kappa shape index (κ2) is 5.64. The van der Waals surface area contributed by atoms with E-state index in [0.29, 0.717) is 18.7 Å². The Morgan fingerprint density at radius 2 is 2.15 bits per heavy atom. The molecule has 0 aliphatic heterocycles. The predicted octanol–water partition coefficient (Wildman–Crippen LogP) is 3.56. The molecule has 1 fully saturated rings. The molecule has 1 saturated carbocycles. The first kappa shape index (κ1) is 13.7. The van der Waals surface area contributed by atoms with Crippen molar-refractivity contribution in [1.82, 2.24) is 5.32 Å². The topological polar surface area (TPSA) is 32.3 Å². The van der Waals surface area contributed by atoms with E-state index in [0.717, 1.165) is 29.7 Å². The van der Waals surface area contributed by atoms with E-state index >= 15 is 0 Å². The van der Waals surface area contributed by atoms with Crippen LogP contribution >= 0.6 is 11.3 Å². The number of benzene rings is 1. The van der Waals surface area contributed by atoms with Crippen LogP contribution in [-0.4, -0.2) is 17.3 Å². The van der Waals surface area contributed by atoms with Crippen molar-refractivity contribution in [3.05, 3.63) is 47.1 Å². The van der Waals surface area contributed by atoms with E-state index in [4.69, 9.17) is 0 Å². The molecule has 4 heteroatoms. The summed E-state index contributed by atoms with van der Waals surface area (Å²) in [5.41, 5.74) is 1.18. The van der Waals surface area contributed by atoms with Gasteiger partial charge in [0, 0.05) is 23.5 Å². The number of hydrogen-bond acceptors (Lipinski definition) is 3. The number of halogens is 1. The van der Waals surface area contributed by atoms with Crippen LogP contribution in [0.25, 0.3) is 10.4 Å². The van der Waals surface area contributed by atoms with Crippen molar-refractivity contribution in [2.75, 3.05) is 6.54 Å². The molecule has 1 aliphatic carbocycles. The fourth-order valence-electron chi connectivity index (χ4n) is 2.50. The summed E-state index contributed by atoms with van der Waals surface area (Å²) in [4.78, 5) is 0.946. The van der Waals surface area contributed by atoms with E-state index in [1.807, 2.05) is 23.6 Å². The molecule has 0 amide bonds. The van der Waals surface area contributed by atoms with E-state index in [2.05, 4.69) is 5.32 Å². The van der Waals surface area contributed by atoms with Gasteiger partial charge < -0.3 is 10.4 Å². The molecule has 0 atom stereocenters. The summed E-state index contributed by atoms with van der Waals surface area (Å²) < 4.78 is 13.9. The quantitative estimate of drug-likeness (QED) is 0.883. The fourth-order valence-corrected chi connectivity index (χ4v) is 3.25. The van der Waals surface area contributed by atoms with E-state index in [1.165, 1.54) is 17.4 Å². The molecule has 0 radical (unpaired) electrons. The van der Waals surface area contributed by atoms with Crippen LogP contribution in [0.5, 0.6) is 0 Å². The van der Waals surface area contributed by atoms with Crippen molar-refractivity contribution in [3.8, 4) is 10.4 Å². The maximum atomic E-state index is 13.9. The molecule has 20 heavy (non-hydrogen) atoms. The average molecular weight is 291 g/mol. The number of nitrogens with one attached hydrogen (secondary N) is 1. The van der Waals surface area contributed by atoms with Gasteiger partial charge in [0.1, 0.15) is 5.82 Å². The normalized spacial score (nSPS) is 16.9. The van der Waals surface area contributed by atoms with E-state index in [1.54, 1.807) is 6.07 Å². The largest absolute Gasteiger partial charge is 0.389 e. The third-order valence-corrected chi connectivity index (χ3v) is 4.79. The van der Waals surface area contributed by atoms with Gasteiger partial charge in [-0.3, -0.25) is 0 Å². The van der Waals surface area contributed by atoms with Gasteiger partial charge in [-0.15, -0.1) is 11.3 Å². The number of aliphatic hydroxyl groups is 1. The lowest BCUT2D eigenvalue weighted by Crippen LogP contribution is -2.45. The first-order valence-electron chi connectivity index (χ1n) is 6.92. The van der Waals surface area contributed by atoms with E-state index in [9.17, 15) is 9.50 Å². The van der Waals surface area contributed by atoms with Crippen LogP contribution in [0.2, 0.25) is 0 Å². The van der Waals surface area contributed by atoms with Crippen molar-refractivity contribution >= 4 is 11.3 Å². The summed E-state index contributed by atoms with van der Waals surface area (Å²) in [7, 11) is 0. The van der Waals surface area contributed by atoms with E-state index < -0.39 is 5.60 Å². The van der Waals surface area contributed by atoms with Crippen molar-refractivity contribution in [1.29, 1.82) is 0 Å². The predicted molar refractivity (Wildman–Crippen MR) is 80.2 cm³/mol. The molecule has 2 nitrogen and oxygen atoms in total. The molecule has 1 heterocycles. The molecule has 0 bridgehead atoms. The molecule has 0 saturated heterocycles. The van der Waals surface area contributed by atoms with Crippen molar-refractivity contribution in [2.24, 2.45) is 0 Å². The molecular formula is C16H18FNOS. The van der Waals surface area contributed by atoms with Crippen LogP contribution in [0.1, 0.15) is 24.8 Å². The Bertz CT molecular complexity index is 578. The molecule has 2 aromatic rings. The zero-order chi connectivity index (χ0) is 14.0. The van der Waals surface area contributed by atoms with Gasteiger partial charge in [0.05, 0.1) is 5.60 Å². The highest BCUT2D eigenvalue weighted by molar-refractivity contribution is 7.13. The standard InChI is InChI=1S/C16H18FNOS/c17-14-5-4-12(9-13(14)15-3-1-8-20-15)10-18-11-16(19)6-2-7-16/h1,3-5,8-9,18-19H,2,6-7,10-11H2. The van der Waals surface area contributed by atoms with Gasteiger partial charge in [0.25, 0.3) is 0 Å². The molecule has 0 unspecified atom stereocenters. The van der Waals surface area contributed by atoms with Crippen LogP contribution < -0.4 is 5.32 Å². The maximum Gasteiger partial charge on any atom is 0.131 e. The SMILES string of the molecule is OC1(CNCc2ccc(F)c(-c3cccs3)c2)CCC1. The summed E-state index contributed by atoms with van der Waals surface area (Å²) in [5, 5.41) is 15.2. The second-order valence-corrected chi connectivity index (χ2v) is 6.42. The first-order valence-corrected chi connectivity index (χ1v) is 7.80. The van der Waals surface area contributed by atoms with Gasteiger partial charge in [-0.1, -0.05) is 12.1 Å². The Balaban J connectivity index is 1.66. The number of hydrogen-bond donors (Lipinski definition) is 2. The highest BCUT2D eigenvalue weighted by Crippen LogP contribution is 2.31. The summed E-state index contributed by atoms with van der Waals surface area (Å²) in [6, 6.07) is 9.06. The van der Waals surface area contributed by atoms with Gasteiger partial charge in [0.15, 0.2) is 0 Å². The lowest BCUT2D eigenvalue weighted by Gasteiger charge is -2.36. The fraction of sp³-hybridized carbons (Fsp3) is 0.375. The highest BCUT2D eigenvalue weighted by Gasteiger charge is 2.33. The average Bonchev–Trinajstić information content (AvgIpc) is 2.92. The van der Waals surface area contributed by atoms with Crippen molar-refractivity contribution in [2.45, 2.75) is 31.4 Å². The Labute approximate surface area is 122 Å². The Hall–Kier alpha value is -1.23. The summed E-state index contributed by atoms with van der Waals surface area (Å²) in [5.74, 6) is -0.186. The minimum absolute atomic E-state index is 0.186. The Morgan fingerprint density at radius 3 is 2.80 bits per heavy atom. The molecule has 1 aliphatic rings. The zero-order valence-electron chi connectivity index (χ0n) is 11.2. The molecule has 1 aromatic carbocycles. The van der Waals surface area contributed by atoms with Gasteiger partial charge in [0.2, 0.25) is 0 Å². The summed E-state index contributed by atoms with van der Waals surface area (Å²) >= 11 is 1.54. The first-order chi connectivity index (χ1) is 9.66. The number of rotatable bonds is 5. The molecular weight excluding hydrogens is 273 g/mol. The van der Waals surface area contributed by atoms with Crippen LogP contribution in [0, 0.1) is 5.82 Å². The van der Waals surface area contributed by atoms with Crippen LogP contribution in [0.3, 0.4) is 0 Å². The van der Waals surface area contributed by atoms with Gasteiger partial charge in [-0.2, -0.15) is 0 Å². The van der Waals surface area contributed by atoms with Gasteiger partial charge >= 0.3 is 0 Å². The highest BCUT2D eigenvalue weighted by atomic mass is 32.1. The lowest BCUT2D eigenvalue weighted by atomic mass is 9.80. The third kappa shape index (κ3) is 2.92. The van der Waals surface area contributed by atoms with Crippen LogP contribution in [0.4, 0.5) is 4.39 Å². The summed E-state index contributed by atoms with van der Waals surface area (Å²) in [6.45, 7) is 1.26. The molecule has 106 valence electrons. The lowest BCUT2D eigenvalue weighted by molar-refractivity contribution is -0.0314. The zero-order valence-corrected chi connectivity index (χ0v) is 12.0. The van der Waals surface area contributed by atoms with Crippen LogP contribution in [-0.2, 0) is 6.54 Å². The van der Waals surface area contributed by atoms with Gasteiger partial charge in [-0.05, 0) is 48.4 Å². The molecule has 1 aromatic heterocycles. The minimum atomic E-state index is -0.517. The van der Waals surface area contributed by atoms with Gasteiger partial charge in [-0.25, -0.2) is 4.39 Å². The molecule has 3 rings (SSSR count). The molecule has 2 N–H and O–H groups in total. The maximum absolute atomic E-state index is 13.9. The summed E-state index contributed by atoms with van der Waals surface area (Å²) in [6.07, 6.45) is 2.87. The molecule has 0 spiro atoms. The van der Waals surface area contributed by atoms with Crippen molar-refractivity contribution < 1.29 is 9.50 Å². The van der Waals surface area contributed by atoms with E-state index in [-0.39, 0.29) is 5.82 Å².